The van der Waals surface area contributed by atoms with E-state index in [4.69, 9.17) is 4.52 Å². The van der Waals surface area contributed by atoms with E-state index in [0.29, 0.717) is 43.3 Å². The Morgan fingerprint density at radius 3 is 2.83 bits per heavy atom. The molecule has 0 spiro atoms. The maximum atomic E-state index is 13.7. The molecule has 0 bridgehead atoms. The van der Waals surface area contributed by atoms with E-state index in [1.807, 2.05) is 30.0 Å². The molecule has 5 rings (SSSR count). The van der Waals surface area contributed by atoms with Gasteiger partial charge in [0.1, 0.15) is 5.69 Å². The molecule has 10 nitrogen and oxygen atoms in total. The molecule has 184 valence electrons. The summed E-state index contributed by atoms with van der Waals surface area (Å²) in [7, 11) is 1.78. The van der Waals surface area contributed by atoms with E-state index in [0.717, 1.165) is 36.9 Å². The summed E-state index contributed by atoms with van der Waals surface area (Å²) in [6, 6.07) is 5.26. The van der Waals surface area contributed by atoms with E-state index in [2.05, 4.69) is 25.5 Å². The molecule has 1 N–H and O–H groups in total. The molecule has 35 heavy (non-hydrogen) atoms. The zero-order valence-electron chi connectivity index (χ0n) is 20.2. The van der Waals surface area contributed by atoms with E-state index in [9.17, 15) is 9.59 Å². The van der Waals surface area contributed by atoms with Gasteiger partial charge in [0.05, 0.1) is 11.6 Å². The Morgan fingerprint density at radius 2 is 2.06 bits per heavy atom. The predicted octanol–water partition coefficient (Wildman–Crippen LogP) is 2.87. The second kappa shape index (κ2) is 9.97. The number of pyridine rings is 1. The molecule has 1 saturated heterocycles. The van der Waals surface area contributed by atoms with Gasteiger partial charge in [-0.2, -0.15) is 10.1 Å². The minimum atomic E-state index is -0.342. The fraction of sp³-hybridized carbons (Fsp3) is 0.520. The van der Waals surface area contributed by atoms with Crippen LogP contribution in [0.15, 0.2) is 35.1 Å². The lowest BCUT2D eigenvalue weighted by atomic mass is 10.00. The van der Waals surface area contributed by atoms with E-state index in [-0.39, 0.29) is 29.7 Å². The summed E-state index contributed by atoms with van der Waals surface area (Å²) in [6.45, 7) is 3.14. The lowest BCUT2D eigenvalue weighted by Crippen LogP contribution is -2.47. The quantitative estimate of drug-likeness (QED) is 0.616. The van der Waals surface area contributed by atoms with Crippen molar-refractivity contribution in [2.24, 2.45) is 13.0 Å². The third kappa shape index (κ3) is 4.82. The van der Waals surface area contributed by atoms with Crippen LogP contribution in [0.4, 0.5) is 0 Å². The second-order valence-electron chi connectivity index (χ2n) is 9.54. The van der Waals surface area contributed by atoms with E-state index < -0.39 is 0 Å². The van der Waals surface area contributed by atoms with Gasteiger partial charge in [-0.3, -0.25) is 19.3 Å². The van der Waals surface area contributed by atoms with Gasteiger partial charge in [0.25, 0.3) is 5.91 Å². The van der Waals surface area contributed by atoms with Crippen LogP contribution in [0.2, 0.25) is 0 Å². The first-order valence-corrected chi connectivity index (χ1v) is 12.3. The van der Waals surface area contributed by atoms with E-state index in [1.54, 1.807) is 24.1 Å². The fourth-order valence-corrected chi connectivity index (χ4v) is 5.34. The Labute approximate surface area is 204 Å². The number of aromatic nitrogens is 5. The summed E-state index contributed by atoms with van der Waals surface area (Å²) >= 11 is 0. The Bertz CT molecular complexity index is 1190. The highest BCUT2D eigenvalue weighted by atomic mass is 16.5. The SMILES string of the molecule is Cc1cc(C(=O)N2CCCCCCNC(=O)[C@@H]3C[C@@H](c4nc(-c5cccnc5)no4)C[C@@H]32)n(C)n1. The molecule has 2 fully saturated rings. The first-order chi connectivity index (χ1) is 17.0. The minimum absolute atomic E-state index is 0.00890. The van der Waals surface area contributed by atoms with Crippen LogP contribution in [-0.4, -0.2) is 60.8 Å². The molecular formula is C25H31N7O3. The van der Waals surface area contributed by atoms with Crippen molar-refractivity contribution in [2.75, 3.05) is 13.1 Å². The smallest absolute Gasteiger partial charge is 0.272 e. The third-order valence-electron chi connectivity index (χ3n) is 7.08. The normalized spacial score (nSPS) is 23.4. The molecule has 1 saturated carbocycles. The van der Waals surface area contributed by atoms with Gasteiger partial charge in [-0.25, -0.2) is 0 Å². The Hall–Kier alpha value is -3.56. The molecule has 10 heteroatoms. The van der Waals surface area contributed by atoms with Gasteiger partial charge in [-0.1, -0.05) is 18.0 Å². The number of fused-ring (bicyclic) bond motifs is 1. The first-order valence-electron chi connectivity index (χ1n) is 12.3. The molecule has 0 radical (unpaired) electrons. The lowest BCUT2D eigenvalue weighted by molar-refractivity contribution is -0.126. The predicted molar refractivity (Wildman–Crippen MR) is 127 cm³/mol. The maximum absolute atomic E-state index is 13.7. The summed E-state index contributed by atoms with van der Waals surface area (Å²) < 4.78 is 7.27. The maximum Gasteiger partial charge on any atom is 0.272 e. The fourth-order valence-electron chi connectivity index (χ4n) is 5.34. The number of hydrogen-bond acceptors (Lipinski definition) is 7. The number of nitrogens with one attached hydrogen (secondary N) is 1. The third-order valence-corrected chi connectivity index (χ3v) is 7.08. The monoisotopic (exact) mass is 477 g/mol. The summed E-state index contributed by atoms with van der Waals surface area (Å²) in [5, 5.41) is 11.6. The number of rotatable bonds is 3. The summed E-state index contributed by atoms with van der Waals surface area (Å²) in [6.07, 6.45) is 8.42. The van der Waals surface area contributed by atoms with Gasteiger partial charge in [0.15, 0.2) is 0 Å². The highest BCUT2D eigenvalue weighted by Gasteiger charge is 2.46. The van der Waals surface area contributed by atoms with Crippen LogP contribution in [0.5, 0.6) is 0 Å². The summed E-state index contributed by atoms with van der Waals surface area (Å²) in [4.78, 5) is 37.6. The zero-order valence-corrected chi connectivity index (χ0v) is 20.2. The van der Waals surface area contributed by atoms with Crippen molar-refractivity contribution < 1.29 is 14.1 Å². The summed E-state index contributed by atoms with van der Waals surface area (Å²) in [5.74, 6) is 0.429. The van der Waals surface area contributed by atoms with E-state index in [1.165, 1.54) is 0 Å². The topological polar surface area (TPSA) is 119 Å². The van der Waals surface area contributed by atoms with Gasteiger partial charge in [-0.05, 0) is 50.8 Å². The van der Waals surface area contributed by atoms with Gasteiger partial charge in [-0.15, -0.1) is 0 Å². The van der Waals surface area contributed by atoms with Crippen molar-refractivity contribution in [1.29, 1.82) is 0 Å². The van der Waals surface area contributed by atoms with Gasteiger partial charge in [0.2, 0.25) is 17.6 Å². The molecule has 0 unspecified atom stereocenters. The number of carbonyl (C=O) groups excluding carboxylic acids is 2. The molecule has 2 amide bonds. The molecule has 3 aromatic heterocycles. The lowest BCUT2D eigenvalue weighted by Gasteiger charge is -2.32. The van der Waals surface area contributed by atoms with Crippen molar-refractivity contribution in [3.05, 3.63) is 47.9 Å². The Kier molecular flexibility index (Phi) is 6.61. The summed E-state index contributed by atoms with van der Waals surface area (Å²) in [5.41, 5.74) is 2.11. The molecule has 3 atom stereocenters. The zero-order chi connectivity index (χ0) is 24.4. The van der Waals surface area contributed by atoms with Gasteiger partial charge in [0, 0.05) is 50.1 Å². The van der Waals surface area contributed by atoms with Crippen LogP contribution in [0.25, 0.3) is 11.4 Å². The average Bonchev–Trinajstić information content (AvgIpc) is 3.58. The number of hydrogen-bond donors (Lipinski definition) is 1. The highest BCUT2D eigenvalue weighted by Crippen LogP contribution is 2.41. The number of carbonyl (C=O) groups is 2. The Morgan fingerprint density at radius 1 is 1.20 bits per heavy atom. The molecule has 2 aliphatic rings. The van der Waals surface area contributed by atoms with Crippen molar-refractivity contribution in [1.82, 2.24) is 35.1 Å². The first kappa shape index (κ1) is 23.2. The van der Waals surface area contributed by atoms with E-state index >= 15 is 0 Å². The van der Waals surface area contributed by atoms with Crippen molar-refractivity contribution in [3.63, 3.8) is 0 Å². The van der Waals surface area contributed by atoms with Crippen molar-refractivity contribution >= 4 is 11.8 Å². The molecule has 0 aromatic carbocycles. The van der Waals surface area contributed by atoms with Crippen molar-refractivity contribution in [3.8, 4) is 11.4 Å². The Balaban J connectivity index is 1.45. The van der Waals surface area contributed by atoms with Crippen LogP contribution in [0.1, 0.15) is 66.5 Å². The number of amides is 2. The molecule has 4 heterocycles. The van der Waals surface area contributed by atoms with Gasteiger partial charge < -0.3 is 14.7 Å². The number of nitrogens with zero attached hydrogens (tertiary/aromatic N) is 6. The van der Waals surface area contributed by atoms with Crippen LogP contribution < -0.4 is 5.32 Å². The standard InChI is InChI=1S/C25H31N7O3/c1-16-12-21(31(2)29-16)25(34)32-11-6-4-3-5-10-27-23(33)19-13-18(14-20(19)32)24-28-22(30-35-24)17-8-7-9-26-15-17/h7-9,12,15,18-20H,3-6,10-11,13-14H2,1-2H3,(H,27,33)/t18-,19-,20+/m1/s1. The second-order valence-corrected chi connectivity index (χ2v) is 9.54. The molecule has 1 aliphatic heterocycles. The highest BCUT2D eigenvalue weighted by molar-refractivity contribution is 5.93. The van der Waals surface area contributed by atoms with Crippen LogP contribution in [-0.2, 0) is 11.8 Å². The van der Waals surface area contributed by atoms with Crippen LogP contribution in [0.3, 0.4) is 0 Å². The van der Waals surface area contributed by atoms with Crippen molar-refractivity contribution in [2.45, 2.75) is 57.4 Å². The largest absolute Gasteiger partial charge is 0.356 e. The molecule has 3 aromatic rings. The minimum Gasteiger partial charge on any atom is -0.356 e. The molecule has 1 aliphatic carbocycles. The van der Waals surface area contributed by atoms with Crippen LogP contribution in [0, 0.1) is 12.8 Å². The molecular weight excluding hydrogens is 446 g/mol. The average molecular weight is 478 g/mol. The van der Waals surface area contributed by atoms with Gasteiger partial charge >= 0.3 is 0 Å². The number of aryl methyl sites for hydroxylation is 2. The van der Waals surface area contributed by atoms with Crippen LogP contribution >= 0.6 is 0 Å².